The average molecular weight is 258 g/mol. The van der Waals surface area contributed by atoms with Gasteiger partial charge >= 0.3 is 5.97 Å². The van der Waals surface area contributed by atoms with Gasteiger partial charge < -0.3 is 9.67 Å². The number of carboxylic acids is 1. The predicted octanol–water partition coefficient (Wildman–Crippen LogP) is 3.23. The normalized spacial score (nSPS) is 16.7. The Labute approximate surface area is 112 Å². The van der Waals surface area contributed by atoms with Gasteiger partial charge in [-0.15, -0.1) is 0 Å². The van der Waals surface area contributed by atoms with E-state index >= 15 is 0 Å². The number of benzene rings is 1. The number of para-hydroxylation sites is 1. The summed E-state index contributed by atoms with van der Waals surface area (Å²) in [5.74, 6) is 0.0246. The number of carbonyl (C=O) groups is 1. The molecule has 4 nitrogen and oxygen atoms in total. The number of aromatic carboxylic acids is 1. The molecule has 3 rings (SSSR count). The summed E-state index contributed by atoms with van der Waals surface area (Å²) in [6.45, 7) is 5.05. The minimum absolute atomic E-state index is 0.352. The Balaban J connectivity index is 2.17. The van der Waals surface area contributed by atoms with Crippen molar-refractivity contribution in [3.8, 4) is 0 Å². The molecule has 0 unspecified atom stereocenters. The van der Waals surface area contributed by atoms with Crippen molar-refractivity contribution in [2.75, 3.05) is 0 Å². The number of rotatable bonds is 4. The molecular weight excluding hydrogens is 240 g/mol. The SMILES string of the molecule is CCC1(Cn2c(C)nc3cccc(C(=O)O)c32)CC1. The molecule has 19 heavy (non-hydrogen) atoms. The van der Waals surface area contributed by atoms with Crippen LogP contribution in [0.25, 0.3) is 11.0 Å². The third-order valence-electron chi connectivity index (χ3n) is 4.39. The molecule has 1 aliphatic rings. The molecule has 0 aliphatic heterocycles. The van der Waals surface area contributed by atoms with Gasteiger partial charge in [-0.1, -0.05) is 13.0 Å². The Bertz CT molecular complexity index is 653. The highest BCUT2D eigenvalue weighted by molar-refractivity contribution is 6.01. The van der Waals surface area contributed by atoms with E-state index in [0.717, 1.165) is 29.8 Å². The minimum atomic E-state index is -0.881. The van der Waals surface area contributed by atoms with E-state index in [9.17, 15) is 9.90 Å². The standard InChI is InChI=1S/C15H18N2O2/c1-3-15(7-8-15)9-17-10(2)16-12-6-4-5-11(13(12)17)14(18)19/h4-6H,3,7-9H2,1-2H3,(H,18,19). The number of carboxylic acid groups (broad SMARTS) is 1. The van der Waals surface area contributed by atoms with Crippen LogP contribution in [0.15, 0.2) is 18.2 Å². The van der Waals surface area contributed by atoms with Crippen LogP contribution in [0.1, 0.15) is 42.4 Å². The molecule has 0 spiro atoms. The van der Waals surface area contributed by atoms with Gasteiger partial charge in [0.25, 0.3) is 0 Å². The summed E-state index contributed by atoms with van der Waals surface area (Å²) in [6.07, 6.45) is 3.61. The van der Waals surface area contributed by atoms with Gasteiger partial charge in [0.05, 0.1) is 16.6 Å². The first kappa shape index (κ1) is 12.2. The molecule has 1 aromatic heterocycles. The summed E-state index contributed by atoms with van der Waals surface area (Å²) in [5, 5.41) is 9.35. The second-order valence-corrected chi connectivity index (χ2v) is 5.58. The van der Waals surface area contributed by atoms with Crippen LogP contribution in [0.4, 0.5) is 0 Å². The first-order valence-corrected chi connectivity index (χ1v) is 6.75. The zero-order valence-corrected chi connectivity index (χ0v) is 11.3. The second-order valence-electron chi connectivity index (χ2n) is 5.58. The predicted molar refractivity (Wildman–Crippen MR) is 73.4 cm³/mol. The smallest absolute Gasteiger partial charge is 0.337 e. The van der Waals surface area contributed by atoms with Gasteiger partial charge in [0.1, 0.15) is 5.82 Å². The average Bonchev–Trinajstić information content (AvgIpc) is 3.09. The molecule has 2 aromatic rings. The van der Waals surface area contributed by atoms with E-state index in [1.54, 1.807) is 12.1 Å². The summed E-state index contributed by atoms with van der Waals surface area (Å²) in [7, 11) is 0. The molecule has 1 aromatic carbocycles. The van der Waals surface area contributed by atoms with Gasteiger partial charge in [-0.25, -0.2) is 9.78 Å². The van der Waals surface area contributed by atoms with Gasteiger partial charge in [-0.3, -0.25) is 0 Å². The molecule has 4 heteroatoms. The molecule has 1 N–H and O–H groups in total. The van der Waals surface area contributed by atoms with Crippen LogP contribution in [-0.2, 0) is 6.54 Å². The first-order valence-electron chi connectivity index (χ1n) is 6.75. The number of hydrogen-bond donors (Lipinski definition) is 1. The molecule has 0 bridgehead atoms. The first-order chi connectivity index (χ1) is 9.06. The highest BCUT2D eigenvalue weighted by Crippen LogP contribution is 2.50. The molecule has 1 fully saturated rings. The zero-order valence-electron chi connectivity index (χ0n) is 11.3. The fraction of sp³-hybridized carbons (Fsp3) is 0.467. The van der Waals surface area contributed by atoms with Crippen LogP contribution in [-0.4, -0.2) is 20.6 Å². The van der Waals surface area contributed by atoms with Crippen LogP contribution in [0, 0.1) is 12.3 Å². The van der Waals surface area contributed by atoms with Crippen LogP contribution < -0.4 is 0 Å². The Hall–Kier alpha value is -1.84. The summed E-state index contributed by atoms with van der Waals surface area (Å²) in [5.41, 5.74) is 2.27. The third-order valence-corrected chi connectivity index (χ3v) is 4.39. The summed E-state index contributed by atoms with van der Waals surface area (Å²) in [4.78, 5) is 15.9. The van der Waals surface area contributed by atoms with Crippen molar-refractivity contribution < 1.29 is 9.90 Å². The molecule has 0 saturated heterocycles. The molecule has 0 atom stereocenters. The lowest BCUT2D eigenvalue weighted by Gasteiger charge is -2.16. The maximum atomic E-state index is 11.4. The van der Waals surface area contributed by atoms with Crippen molar-refractivity contribution in [2.45, 2.75) is 39.7 Å². The number of aromatic nitrogens is 2. The lowest BCUT2D eigenvalue weighted by molar-refractivity contribution is 0.0698. The number of imidazole rings is 1. The third kappa shape index (κ3) is 1.91. The van der Waals surface area contributed by atoms with Crippen LogP contribution in [0.5, 0.6) is 0 Å². The maximum Gasteiger partial charge on any atom is 0.337 e. The highest BCUT2D eigenvalue weighted by Gasteiger charge is 2.41. The van der Waals surface area contributed by atoms with Crippen LogP contribution in [0.3, 0.4) is 0 Å². The van der Waals surface area contributed by atoms with E-state index in [2.05, 4.69) is 16.5 Å². The van der Waals surface area contributed by atoms with Crippen molar-refractivity contribution in [2.24, 2.45) is 5.41 Å². The molecule has 0 amide bonds. The van der Waals surface area contributed by atoms with Gasteiger partial charge in [0.2, 0.25) is 0 Å². The van der Waals surface area contributed by atoms with Gasteiger partial charge in [-0.2, -0.15) is 0 Å². The van der Waals surface area contributed by atoms with Gasteiger partial charge in [-0.05, 0) is 43.7 Å². The van der Waals surface area contributed by atoms with Gasteiger partial charge in [0.15, 0.2) is 0 Å². The van der Waals surface area contributed by atoms with Crippen molar-refractivity contribution in [3.05, 3.63) is 29.6 Å². The molecule has 100 valence electrons. The van der Waals surface area contributed by atoms with E-state index in [0.29, 0.717) is 11.0 Å². The Morgan fingerprint density at radius 1 is 1.47 bits per heavy atom. The Morgan fingerprint density at radius 3 is 2.79 bits per heavy atom. The maximum absolute atomic E-state index is 11.4. The zero-order chi connectivity index (χ0) is 13.6. The molecular formula is C15H18N2O2. The number of aryl methyl sites for hydroxylation is 1. The minimum Gasteiger partial charge on any atom is -0.478 e. The van der Waals surface area contributed by atoms with E-state index in [-0.39, 0.29) is 0 Å². The molecule has 0 radical (unpaired) electrons. The summed E-state index contributed by atoms with van der Waals surface area (Å²) >= 11 is 0. The quantitative estimate of drug-likeness (QED) is 0.916. The summed E-state index contributed by atoms with van der Waals surface area (Å²) < 4.78 is 2.09. The molecule has 1 aliphatic carbocycles. The van der Waals surface area contributed by atoms with E-state index in [1.165, 1.54) is 12.8 Å². The summed E-state index contributed by atoms with van der Waals surface area (Å²) in [6, 6.07) is 5.31. The number of fused-ring (bicyclic) bond motifs is 1. The van der Waals surface area contributed by atoms with E-state index in [4.69, 9.17) is 0 Å². The van der Waals surface area contributed by atoms with Crippen molar-refractivity contribution in [3.63, 3.8) is 0 Å². The monoisotopic (exact) mass is 258 g/mol. The largest absolute Gasteiger partial charge is 0.478 e. The van der Waals surface area contributed by atoms with Gasteiger partial charge in [0, 0.05) is 6.54 Å². The Morgan fingerprint density at radius 2 is 2.21 bits per heavy atom. The number of nitrogens with zero attached hydrogens (tertiary/aromatic N) is 2. The van der Waals surface area contributed by atoms with Crippen molar-refractivity contribution in [1.29, 1.82) is 0 Å². The Kier molecular flexibility index (Phi) is 2.62. The van der Waals surface area contributed by atoms with Crippen molar-refractivity contribution in [1.82, 2.24) is 9.55 Å². The van der Waals surface area contributed by atoms with Crippen molar-refractivity contribution >= 4 is 17.0 Å². The highest BCUT2D eigenvalue weighted by atomic mass is 16.4. The second kappa shape index (κ2) is 4.08. The van der Waals surface area contributed by atoms with Crippen LogP contribution in [0.2, 0.25) is 0 Å². The lowest BCUT2D eigenvalue weighted by atomic mass is 10.0. The molecule has 1 heterocycles. The van der Waals surface area contributed by atoms with E-state index in [1.807, 2.05) is 13.0 Å². The molecule has 1 saturated carbocycles. The topological polar surface area (TPSA) is 55.1 Å². The fourth-order valence-corrected chi connectivity index (χ4v) is 2.80. The number of hydrogen-bond acceptors (Lipinski definition) is 2. The lowest BCUT2D eigenvalue weighted by Crippen LogP contribution is -2.13. The fourth-order valence-electron chi connectivity index (χ4n) is 2.80. The van der Waals surface area contributed by atoms with Crippen LogP contribution >= 0.6 is 0 Å². The van der Waals surface area contributed by atoms with E-state index < -0.39 is 5.97 Å².